The molecule has 0 nitrogen and oxygen atoms in total. The first-order valence-corrected chi connectivity index (χ1v) is 24.2. The van der Waals surface area contributed by atoms with E-state index in [1.54, 1.807) is 17.7 Å². The number of hydrogen-bond acceptors (Lipinski definition) is 0. The van der Waals surface area contributed by atoms with E-state index in [4.69, 9.17) is 23.2 Å². The molecule has 4 aromatic carbocycles. The van der Waals surface area contributed by atoms with Crippen molar-refractivity contribution in [1.29, 1.82) is 0 Å². The average Bonchev–Trinajstić information content (AvgIpc) is 3.58. The van der Waals surface area contributed by atoms with Crippen LogP contribution < -0.4 is 3.27 Å². The van der Waals surface area contributed by atoms with Crippen LogP contribution in [0.3, 0.4) is 0 Å². The van der Waals surface area contributed by atoms with E-state index in [9.17, 15) is 0 Å². The quantitative estimate of drug-likeness (QED) is 0.160. The van der Waals surface area contributed by atoms with Crippen molar-refractivity contribution < 1.29 is 19.3 Å². The Morgan fingerprint density at radius 2 is 1.24 bits per heavy atom. The summed E-state index contributed by atoms with van der Waals surface area (Å²) in [5, 5.41) is 1.57. The third kappa shape index (κ3) is 6.41. The molecule has 1 unspecified atom stereocenters. The first kappa shape index (κ1) is 36.5. The molecule has 50 heavy (non-hydrogen) atoms. The van der Waals surface area contributed by atoms with Crippen LogP contribution in [0.2, 0.25) is 10.0 Å². The number of fused-ring (bicyclic) bond motifs is 3. The van der Waals surface area contributed by atoms with E-state index in [0.717, 1.165) is 34.2 Å². The summed E-state index contributed by atoms with van der Waals surface area (Å²) in [4.78, 5) is 0. The first-order chi connectivity index (χ1) is 23.3. The zero-order valence-corrected chi connectivity index (χ0v) is 34.5. The van der Waals surface area contributed by atoms with Gasteiger partial charge in [0.25, 0.3) is 0 Å². The van der Waals surface area contributed by atoms with E-state index in [-0.39, 0.29) is 24.8 Å². The molecule has 0 N–H and O–H groups in total. The van der Waals surface area contributed by atoms with Crippen LogP contribution >= 0.6 is 48.0 Å². The predicted octanol–water partition coefficient (Wildman–Crippen LogP) is 12.3. The second-order valence-corrected chi connectivity index (χ2v) is 25.3. The Morgan fingerprint density at radius 1 is 0.700 bits per heavy atom. The summed E-state index contributed by atoms with van der Waals surface area (Å²) in [6.45, 7) is 5.00. The summed E-state index contributed by atoms with van der Waals surface area (Å²) in [5.41, 5.74) is 12.1. The minimum absolute atomic E-state index is 0. The van der Waals surface area contributed by atoms with Crippen LogP contribution in [0.1, 0.15) is 81.0 Å². The summed E-state index contributed by atoms with van der Waals surface area (Å²) in [6, 6.07) is 33.5. The van der Waals surface area contributed by atoms with Crippen LogP contribution in [0.15, 0.2) is 111 Å². The number of hydrogen-bond donors (Lipinski definition) is 0. The molecule has 0 aliphatic heterocycles. The van der Waals surface area contributed by atoms with Gasteiger partial charge in [0.2, 0.25) is 0 Å². The van der Waals surface area contributed by atoms with Crippen LogP contribution in [0.4, 0.5) is 0 Å². The molecule has 6 aliphatic carbocycles. The minimum Gasteiger partial charge on any atom is -0.147 e. The van der Waals surface area contributed by atoms with Gasteiger partial charge in [0, 0.05) is 0 Å². The Hall–Kier alpha value is -1.86. The molecule has 0 radical (unpaired) electrons. The Kier molecular flexibility index (Phi) is 10.3. The predicted molar refractivity (Wildman–Crippen MR) is 217 cm³/mol. The fourth-order valence-electron chi connectivity index (χ4n) is 11.5. The van der Waals surface area contributed by atoms with E-state index in [0.29, 0.717) is 11.3 Å². The maximum Gasteiger partial charge on any atom is -0.147 e. The van der Waals surface area contributed by atoms with Gasteiger partial charge in [-0.25, -0.2) is 0 Å². The fraction of sp³-hybridized carbons (Fsp3) is 0.333. The van der Waals surface area contributed by atoms with Crippen molar-refractivity contribution >= 4 is 58.7 Å². The molecule has 0 heterocycles. The molecule has 0 spiro atoms. The molecule has 0 aromatic heterocycles. The average molecular weight is 820 g/mol. The second kappa shape index (κ2) is 14.2. The molecule has 5 heteroatoms. The van der Waals surface area contributed by atoms with Gasteiger partial charge in [-0.15, -0.1) is 24.8 Å². The van der Waals surface area contributed by atoms with Crippen LogP contribution in [-0.4, -0.2) is 7.42 Å². The maximum atomic E-state index is 6.48. The van der Waals surface area contributed by atoms with E-state index in [2.05, 4.69) is 118 Å². The standard InChI is InChI=1S/C18H25.C13H9.2C7H5Cl.2ClH.Zr/c1-12-3-13(2)17(4-12)11-18-8-14-5-15(9-18)7-16(6-14)10-18;1-3-7-12-10(5-1)9-11-6-2-4-8-13(11)12;2*1-6-2-4-7(8)5-3-6;;;/h4,12,14-16H,5-11H2,1-2H3;1-5,7-8H,9H2;2*1-5H;2*1H;. The third-order valence-electron chi connectivity index (χ3n) is 12.8. The van der Waals surface area contributed by atoms with Crippen LogP contribution in [0.5, 0.6) is 0 Å². The van der Waals surface area contributed by atoms with Crippen molar-refractivity contribution in [2.24, 2.45) is 29.1 Å². The van der Waals surface area contributed by atoms with Gasteiger partial charge in [0.15, 0.2) is 0 Å². The molecule has 0 amide bonds. The van der Waals surface area contributed by atoms with Crippen molar-refractivity contribution in [1.82, 2.24) is 0 Å². The van der Waals surface area contributed by atoms with Gasteiger partial charge in [0.05, 0.1) is 0 Å². The Balaban J connectivity index is 0.00000196. The van der Waals surface area contributed by atoms with Crippen molar-refractivity contribution in [2.75, 3.05) is 0 Å². The summed E-state index contributed by atoms with van der Waals surface area (Å²) >= 11 is 9.08. The number of benzene rings is 4. The normalized spacial score (nSPS) is 25.4. The molecule has 4 aromatic rings. The molecule has 4 fully saturated rings. The molecular weight excluding hydrogens is 774 g/mol. The van der Waals surface area contributed by atoms with Gasteiger partial charge in [-0.2, -0.15) is 0 Å². The fourth-order valence-corrected chi connectivity index (χ4v) is 24.4. The van der Waals surface area contributed by atoms with Crippen molar-refractivity contribution in [3.8, 4) is 11.1 Å². The third-order valence-corrected chi connectivity index (χ3v) is 24.7. The minimum atomic E-state index is -3.88. The van der Waals surface area contributed by atoms with Crippen LogP contribution in [0.25, 0.3) is 11.1 Å². The largest absolute Gasteiger partial charge is 0.147 e. The van der Waals surface area contributed by atoms with E-state index in [1.165, 1.54) is 78.3 Å². The summed E-state index contributed by atoms with van der Waals surface area (Å²) in [7, 11) is 0. The molecule has 0 saturated heterocycles. The summed E-state index contributed by atoms with van der Waals surface area (Å²) in [6.07, 6.45) is 13.9. The molecular formula is C45H46Cl4Zr. The SMILES string of the molecule is CC1=[C]([Zr](=[CH]c2ccc(Cl)cc2)(=[CH]c2ccc(Cl)cc2)[c]2cccc3c2Cc2ccccc2-3)C(C)C=C1CC12CC3CC(CC(C3)C1)C2.Cl.Cl. The van der Waals surface area contributed by atoms with Gasteiger partial charge < -0.3 is 0 Å². The van der Waals surface area contributed by atoms with Crippen LogP contribution in [-0.2, 0) is 25.7 Å². The number of halogens is 4. The summed E-state index contributed by atoms with van der Waals surface area (Å²) in [5.74, 6) is 3.32. The van der Waals surface area contributed by atoms with Gasteiger partial charge >= 0.3 is 302 Å². The van der Waals surface area contributed by atoms with Gasteiger partial charge in [-0.05, 0) is 0 Å². The van der Waals surface area contributed by atoms with Gasteiger partial charge in [-0.1, -0.05) is 0 Å². The van der Waals surface area contributed by atoms with Gasteiger partial charge in [0.1, 0.15) is 0 Å². The Bertz CT molecular complexity index is 2030. The number of rotatable bonds is 6. The van der Waals surface area contributed by atoms with E-state index >= 15 is 0 Å². The molecule has 1 atom stereocenters. The molecule has 4 saturated carbocycles. The number of allylic oxidation sites excluding steroid dienone is 4. The smallest absolute Gasteiger partial charge is 0.147 e. The van der Waals surface area contributed by atoms with Gasteiger partial charge in [-0.3, -0.25) is 0 Å². The maximum absolute atomic E-state index is 6.48. The molecule has 6 aliphatic rings. The zero-order chi connectivity index (χ0) is 32.6. The monoisotopic (exact) mass is 816 g/mol. The van der Waals surface area contributed by atoms with Crippen LogP contribution in [0, 0.1) is 29.1 Å². The van der Waals surface area contributed by atoms with E-state index < -0.39 is 19.3 Å². The Labute approximate surface area is 324 Å². The first-order valence-electron chi connectivity index (χ1n) is 18.1. The summed E-state index contributed by atoms with van der Waals surface area (Å²) < 4.78 is 8.80. The topological polar surface area (TPSA) is 0 Å². The second-order valence-electron chi connectivity index (χ2n) is 16.0. The van der Waals surface area contributed by atoms with Crippen molar-refractivity contribution in [3.05, 3.63) is 144 Å². The zero-order valence-electron chi connectivity index (χ0n) is 28.9. The Morgan fingerprint density at radius 3 is 1.82 bits per heavy atom. The molecule has 10 rings (SSSR count). The van der Waals surface area contributed by atoms with E-state index in [1.807, 2.05) is 0 Å². The van der Waals surface area contributed by atoms with Crippen molar-refractivity contribution in [3.63, 3.8) is 0 Å². The molecule has 258 valence electrons. The van der Waals surface area contributed by atoms with Crippen molar-refractivity contribution in [2.45, 2.75) is 65.2 Å². The molecule has 4 bridgehead atoms.